The molecule has 0 atom stereocenters. The van der Waals surface area contributed by atoms with Gasteiger partial charge in [-0.25, -0.2) is 8.78 Å². The number of carbonyl (C=O) groups excluding carboxylic acids is 1. The van der Waals surface area contributed by atoms with Crippen LogP contribution in [0, 0.1) is 22.1 Å². The first-order valence-electron chi connectivity index (χ1n) is 5.35. The molecule has 0 spiro atoms. The molecule has 0 aliphatic carbocycles. The molecular weight excluding hydrogens is 429 g/mol. The van der Waals surface area contributed by atoms with Crippen LogP contribution in [-0.2, 0) is 0 Å². The van der Waals surface area contributed by atoms with Crippen LogP contribution in [0.25, 0.3) is 0 Å². The zero-order valence-electron chi connectivity index (χ0n) is 9.81. The van der Waals surface area contributed by atoms with Crippen molar-refractivity contribution in [1.82, 2.24) is 0 Å². The fourth-order valence-corrected chi connectivity index (χ4v) is 2.58. The number of hydrogen-bond acceptors (Lipinski definition) is 1. The van der Waals surface area contributed by atoms with Crippen LogP contribution in [0.3, 0.4) is 0 Å². The van der Waals surface area contributed by atoms with Gasteiger partial charge in [0, 0.05) is 13.6 Å². The van der Waals surface area contributed by atoms with E-state index in [-0.39, 0.29) is 11.1 Å². The zero-order valence-corrected chi connectivity index (χ0v) is 13.6. The molecule has 0 fully saturated rings. The second-order valence-corrected chi connectivity index (χ2v) is 6.11. The monoisotopic (exact) mass is 436 g/mol. The number of benzene rings is 2. The summed E-state index contributed by atoms with van der Waals surface area (Å²) in [6, 6.07) is 7.10. The van der Waals surface area contributed by atoms with Gasteiger partial charge in [0.25, 0.3) is 0 Å². The maximum atomic E-state index is 13.8. The van der Waals surface area contributed by atoms with Gasteiger partial charge in [-0.1, -0.05) is 15.9 Å². The lowest BCUT2D eigenvalue weighted by Crippen LogP contribution is -2.07. The molecule has 0 unspecified atom stereocenters. The third-order valence-corrected chi connectivity index (χ3v) is 4.10. The van der Waals surface area contributed by atoms with Crippen LogP contribution in [0.4, 0.5) is 8.78 Å². The van der Waals surface area contributed by atoms with Crippen LogP contribution >= 0.6 is 38.5 Å². The van der Waals surface area contributed by atoms with Gasteiger partial charge in [0.1, 0.15) is 11.6 Å². The molecule has 1 nitrogen and oxygen atoms in total. The van der Waals surface area contributed by atoms with Crippen molar-refractivity contribution >= 4 is 44.3 Å². The van der Waals surface area contributed by atoms with E-state index in [1.54, 1.807) is 18.2 Å². The number of halogens is 4. The lowest BCUT2D eigenvalue weighted by atomic mass is 10.0. The lowest BCUT2D eigenvalue weighted by Gasteiger charge is -2.07. The van der Waals surface area contributed by atoms with Gasteiger partial charge >= 0.3 is 0 Å². The Labute approximate surface area is 131 Å². The predicted molar refractivity (Wildman–Crippen MR) is 81.4 cm³/mol. The van der Waals surface area contributed by atoms with Crippen LogP contribution < -0.4 is 0 Å². The fraction of sp³-hybridized carbons (Fsp3) is 0.0714. The average Bonchev–Trinajstić information content (AvgIpc) is 2.36. The van der Waals surface area contributed by atoms with Crippen molar-refractivity contribution in [3.63, 3.8) is 0 Å². The van der Waals surface area contributed by atoms with E-state index in [0.29, 0.717) is 13.6 Å². The molecule has 2 aromatic carbocycles. The Morgan fingerprint density at radius 2 is 1.79 bits per heavy atom. The molecule has 0 aromatic heterocycles. The van der Waals surface area contributed by atoms with E-state index >= 15 is 0 Å². The zero-order chi connectivity index (χ0) is 14.2. The van der Waals surface area contributed by atoms with Gasteiger partial charge in [0.05, 0.1) is 5.56 Å². The summed E-state index contributed by atoms with van der Waals surface area (Å²) < 4.78 is 28.7. The van der Waals surface area contributed by atoms with Crippen LogP contribution in [0.1, 0.15) is 21.5 Å². The van der Waals surface area contributed by atoms with Crippen LogP contribution in [0.2, 0.25) is 0 Å². The van der Waals surface area contributed by atoms with Gasteiger partial charge in [-0.3, -0.25) is 4.79 Å². The molecule has 2 rings (SSSR count). The molecule has 19 heavy (non-hydrogen) atoms. The van der Waals surface area contributed by atoms with E-state index in [1.807, 2.05) is 22.6 Å². The minimum Gasteiger partial charge on any atom is -0.288 e. The van der Waals surface area contributed by atoms with Gasteiger partial charge in [-0.05, 0) is 65.4 Å². The Kier molecular flexibility index (Phi) is 4.35. The summed E-state index contributed by atoms with van der Waals surface area (Å²) in [5.41, 5.74) is 0.272. The second-order valence-electron chi connectivity index (χ2n) is 4.03. The van der Waals surface area contributed by atoms with E-state index in [1.165, 1.54) is 6.92 Å². The van der Waals surface area contributed by atoms with Crippen molar-refractivity contribution in [3.05, 3.63) is 66.7 Å². The highest BCUT2D eigenvalue weighted by atomic mass is 127. The highest BCUT2D eigenvalue weighted by molar-refractivity contribution is 14.1. The number of rotatable bonds is 2. The van der Waals surface area contributed by atoms with E-state index in [2.05, 4.69) is 15.9 Å². The average molecular weight is 437 g/mol. The molecule has 2 aromatic rings. The van der Waals surface area contributed by atoms with Crippen molar-refractivity contribution in [2.45, 2.75) is 6.92 Å². The molecule has 0 saturated heterocycles. The molecular formula is C14H8BrF2IO. The van der Waals surface area contributed by atoms with Gasteiger partial charge in [0.2, 0.25) is 0 Å². The summed E-state index contributed by atoms with van der Waals surface area (Å²) >= 11 is 5.25. The van der Waals surface area contributed by atoms with Crippen molar-refractivity contribution in [2.24, 2.45) is 0 Å². The van der Waals surface area contributed by atoms with Crippen molar-refractivity contribution < 1.29 is 13.6 Å². The topological polar surface area (TPSA) is 17.1 Å². The van der Waals surface area contributed by atoms with Gasteiger partial charge in [0.15, 0.2) is 5.78 Å². The quantitative estimate of drug-likeness (QED) is 0.484. The van der Waals surface area contributed by atoms with Crippen LogP contribution in [0.15, 0.2) is 34.8 Å². The Balaban J connectivity index is 2.56. The first kappa shape index (κ1) is 14.6. The highest BCUT2D eigenvalue weighted by Crippen LogP contribution is 2.23. The highest BCUT2D eigenvalue weighted by Gasteiger charge is 2.18. The minimum atomic E-state index is -0.709. The predicted octanol–water partition coefficient (Wildman–Crippen LogP) is 4.87. The number of carbonyl (C=O) groups is 1. The van der Waals surface area contributed by atoms with E-state index in [4.69, 9.17) is 0 Å². The molecule has 0 amide bonds. The standard InChI is InChI=1S/C14H8BrF2IO/c1-7-4-12(17)9(6-11(7)16)14(19)10-5-8(15)2-3-13(10)18/h2-6H,1H3. The summed E-state index contributed by atoms with van der Waals surface area (Å²) in [4.78, 5) is 12.3. The smallest absolute Gasteiger partial charge is 0.197 e. The Morgan fingerprint density at radius 3 is 2.47 bits per heavy atom. The van der Waals surface area contributed by atoms with Crippen molar-refractivity contribution in [1.29, 1.82) is 0 Å². The minimum absolute atomic E-state index is 0.179. The van der Waals surface area contributed by atoms with Gasteiger partial charge < -0.3 is 0 Å². The summed E-state index contributed by atoms with van der Waals surface area (Å²) in [6.45, 7) is 1.45. The Morgan fingerprint density at radius 1 is 1.11 bits per heavy atom. The molecule has 0 N–H and O–H groups in total. The lowest BCUT2D eigenvalue weighted by molar-refractivity contribution is 0.103. The van der Waals surface area contributed by atoms with E-state index in [9.17, 15) is 13.6 Å². The van der Waals surface area contributed by atoms with Gasteiger partial charge in [-0.2, -0.15) is 0 Å². The fourth-order valence-electron chi connectivity index (χ4n) is 1.64. The third-order valence-electron chi connectivity index (χ3n) is 2.67. The van der Waals surface area contributed by atoms with E-state index in [0.717, 1.165) is 12.1 Å². The normalized spacial score (nSPS) is 10.6. The van der Waals surface area contributed by atoms with Gasteiger partial charge in [-0.15, -0.1) is 0 Å². The molecule has 0 radical (unpaired) electrons. The molecule has 0 heterocycles. The first-order valence-corrected chi connectivity index (χ1v) is 7.22. The molecule has 0 aliphatic rings. The second kappa shape index (κ2) is 5.66. The Hall–Kier alpha value is -0.820. The summed E-state index contributed by atoms with van der Waals surface area (Å²) in [6.07, 6.45) is 0. The maximum Gasteiger partial charge on any atom is 0.197 e. The third kappa shape index (κ3) is 3.02. The van der Waals surface area contributed by atoms with E-state index < -0.39 is 17.4 Å². The van der Waals surface area contributed by atoms with Crippen LogP contribution in [0.5, 0.6) is 0 Å². The Bertz CT molecular complexity index is 671. The summed E-state index contributed by atoms with van der Waals surface area (Å²) in [5, 5.41) is 0. The number of hydrogen-bond donors (Lipinski definition) is 0. The molecule has 0 bridgehead atoms. The summed E-state index contributed by atoms with van der Waals surface area (Å²) in [7, 11) is 0. The molecule has 98 valence electrons. The largest absolute Gasteiger partial charge is 0.288 e. The molecule has 5 heteroatoms. The first-order chi connectivity index (χ1) is 8.90. The molecule has 0 saturated carbocycles. The van der Waals surface area contributed by atoms with Crippen molar-refractivity contribution in [2.75, 3.05) is 0 Å². The molecule has 0 aliphatic heterocycles. The maximum absolute atomic E-state index is 13.8. The van der Waals surface area contributed by atoms with Crippen LogP contribution in [-0.4, -0.2) is 5.78 Å². The number of ketones is 1. The summed E-state index contributed by atoms with van der Waals surface area (Å²) in [5.74, 6) is -1.82. The number of aryl methyl sites for hydroxylation is 1. The SMILES string of the molecule is Cc1cc(F)c(C(=O)c2cc(Br)ccc2I)cc1F. The van der Waals surface area contributed by atoms with Crippen molar-refractivity contribution in [3.8, 4) is 0 Å².